The Hall–Kier alpha value is -0.730. The van der Waals surface area contributed by atoms with Crippen molar-refractivity contribution >= 4 is 11.8 Å². The first kappa shape index (κ1) is 13.3. The van der Waals surface area contributed by atoms with Crippen LogP contribution in [0, 0.1) is 6.92 Å². The van der Waals surface area contributed by atoms with Crippen LogP contribution in [0.4, 0.5) is 0 Å². The Morgan fingerprint density at radius 1 is 1.38 bits per heavy atom. The number of aliphatic hydroxyl groups is 1. The standard InChI is InChI=1S/C14H20OS/c1-11(2)4-7-13(15)10-16-14-8-5-12(3)6-9-14/h5-6,8-9,13,15H,1,4,7,10H2,2-3H3. The zero-order valence-electron chi connectivity index (χ0n) is 10.1. The number of hydrogen-bond acceptors (Lipinski definition) is 2. The van der Waals surface area contributed by atoms with Gasteiger partial charge in [0.1, 0.15) is 0 Å². The lowest BCUT2D eigenvalue weighted by Crippen LogP contribution is -2.09. The van der Waals surface area contributed by atoms with E-state index in [1.54, 1.807) is 11.8 Å². The van der Waals surface area contributed by atoms with Crippen LogP contribution in [0.1, 0.15) is 25.3 Å². The third-order valence-electron chi connectivity index (χ3n) is 2.37. The molecule has 2 heteroatoms. The van der Waals surface area contributed by atoms with E-state index < -0.39 is 0 Å². The molecule has 1 N–H and O–H groups in total. The summed E-state index contributed by atoms with van der Waals surface area (Å²) in [5.41, 5.74) is 2.41. The second-order valence-electron chi connectivity index (χ2n) is 4.27. The summed E-state index contributed by atoms with van der Waals surface area (Å²) in [6, 6.07) is 8.40. The number of rotatable bonds is 6. The highest BCUT2D eigenvalue weighted by molar-refractivity contribution is 7.99. The predicted octanol–water partition coefficient (Wildman–Crippen LogP) is 3.80. The van der Waals surface area contributed by atoms with Gasteiger partial charge in [-0.05, 0) is 38.8 Å². The monoisotopic (exact) mass is 236 g/mol. The average Bonchev–Trinajstić information content (AvgIpc) is 2.25. The van der Waals surface area contributed by atoms with Crippen molar-refractivity contribution in [3.63, 3.8) is 0 Å². The van der Waals surface area contributed by atoms with Crippen LogP contribution >= 0.6 is 11.8 Å². The molecule has 0 saturated carbocycles. The maximum absolute atomic E-state index is 9.75. The minimum Gasteiger partial charge on any atom is -0.392 e. The normalized spacial score (nSPS) is 12.4. The van der Waals surface area contributed by atoms with Crippen molar-refractivity contribution in [2.45, 2.75) is 37.7 Å². The van der Waals surface area contributed by atoms with E-state index in [4.69, 9.17) is 0 Å². The van der Waals surface area contributed by atoms with Crippen molar-refractivity contribution in [2.24, 2.45) is 0 Å². The van der Waals surface area contributed by atoms with Crippen LogP contribution < -0.4 is 0 Å². The van der Waals surface area contributed by atoms with Crippen LogP contribution in [0.5, 0.6) is 0 Å². The van der Waals surface area contributed by atoms with Gasteiger partial charge in [0, 0.05) is 10.6 Å². The molecule has 0 fully saturated rings. The molecule has 0 radical (unpaired) electrons. The summed E-state index contributed by atoms with van der Waals surface area (Å²) < 4.78 is 0. The van der Waals surface area contributed by atoms with Crippen LogP contribution in [0.15, 0.2) is 41.3 Å². The fourth-order valence-corrected chi connectivity index (χ4v) is 2.20. The summed E-state index contributed by atoms with van der Waals surface area (Å²) in [6.07, 6.45) is 1.49. The fourth-order valence-electron chi connectivity index (χ4n) is 1.32. The molecular weight excluding hydrogens is 216 g/mol. The minimum absolute atomic E-state index is 0.233. The van der Waals surface area contributed by atoms with E-state index in [0.29, 0.717) is 0 Å². The molecule has 0 heterocycles. The lowest BCUT2D eigenvalue weighted by atomic mass is 10.1. The molecular formula is C14H20OS. The number of benzene rings is 1. The summed E-state index contributed by atoms with van der Waals surface area (Å²) in [5.74, 6) is 0.760. The smallest absolute Gasteiger partial charge is 0.0637 e. The van der Waals surface area contributed by atoms with Crippen molar-refractivity contribution in [1.82, 2.24) is 0 Å². The van der Waals surface area contributed by atoms with Gasteiger partial charge in [-0.1, -0.05) is 23.3 Å². The summed E-state index contributed by atoms with van der Waals surface area (Å²) in [7, 11) is 0. The number of allylic oxidation sites excluding steroid dienone is 1. The van der Waals surface area contributed by atoms with E-state index in [1.807, 2.05) is 6.92 Å². The fraction of sp³-hybridized carbons (Fsp3) is 0.429. The molecule has 1 rings (SSSR count). The van der Waals surface area contributed by atoms with Gasteiger partial charge >= 0.3 is 0 Å². The molecule has 0 bridgehead atoms. The first-order valence-corrected chi connectivity index (χ1v) is 6.58. The van der Waals surface area contributed by atoms with Gasteiger partial charge in [0.2, 0.25) is 0 Å². The molecule has 0 aliphatic rings. The van der Waals surface area contributed by atoms with Gasteiger partial charge in [-0.2, -0.15) is 0 Å². The Balaban J connectivity index is 2.28. The largest absolute Gasteiger partial charge is 0.392 e. The Bertz CT molecular complexity index is 329. The zero-order chi connectivity index (χ0) is 12.0. The molecule has 1 aromatic carbocycles. The summed E-state index contributed by atoms with van der Waals surface area (Å²) in [4.78, 5) is 1.22. The van der Waals surface area contributed by atoms with Gasteiger partial charge in [-0.15, -0.1) is 18.3 Å². The highest BCUT2D eigenvalue weighted by atomic mass is 32.2. The van der Waals surface area contributed by atoms with Gasteiger partial charge in [0.15, 0.2) is 0 Å². The van der Waals surface area contributed by atoms with Gasteiger partial charge in [-0.3, -0.25) is 0 Å². The van der Waals surface area contributed by atoms with Gasteiger partial charge in [-0.25, -0.2) is 0 Å². The Morgan fingerprint density at radius 3 is 2.56 bits per heavy atom. The average molecular weight is 236 g/mol. The molecule has 0 amide bonds. The molecule has 1 atom stereocenters. The highest BCUT2D eigenvalue weighted by Gasteiger charge is 2.04. The van der Waals surface area contributed by atoms with Gasteiger partial charge in [0.05, 0.1) is 6.10 Å². The van der Waals surface area contributed by atoms with E-state index in [2.05, 4.69) is 37.8 Å². The Kier molecular flexibility index (Phi) is 5.64. The molecule has 0 saturated heterocycles. The van der Waals surface area contributed by atoms with E-state index in [9.17, 15) is 5.11 Å². The van der Waals surface area contributed by atoms with Crippen molar-refractivity contribution in [3.05, 3.63) is 42.0 Å². The van der Waals surface area contributed by atoms with Gasteiger partial charge in [0.25, 0.3) is 0 Å². The summed E-state index contributed by atoms with van der Waals surface area (Å²) in [6.45, 7) is 7.92. The van der Waals surface area contributed by atoms with Gasteiger partial charge < -0.3 is 5.11 Å². The molecule has 1 nitrogen and oxygen atoms in total. The SMILES string of the molecule is C=C(C)CCC(O)CSc1ccc(C)cc1. The van der Waals surface area contributed by atoms with E-state index in [0.717, 1.165) is 24.2 Å². The zero-order valence-corrected chi connectivity index (χ0v) is 10.9. The number of hydrogen-bond donors (Lipinski definition) is 1. The third-order valence-corrected chi connectivity index (χ3v) is 3.52. The Morgan fingerprint density at radius 2 is 2.00 bits per heavy atom. The van der Waals surface area contributed by atoms with Crippen molar-refractivity contribution in [2.75, 3.05) is 5.75 Å². The number of aryl methyl sites for hydroxylation is 1. The Labute approximate surface area is 103 Å². The summed E-state index contributed by atoms with van der Waals surface area (Å²) in [5, 5.41) is 9.75. The second kappa shape index (κ2) is 6.77. The topological polar surface area (TPSA) is 20.2 Å². The molecule has 0 aliphatic carbocycles. The third kappa shape index (κ3) is 5.38. The molecule has 0 aliphatic heterocycles. The van der Waals surface area contributed by atoms with Crippen LogP contribution in [-0.2, 0) is 0 Å². The van der Waals surface area contributed by atoms with Crippen LogP contribution in [0.2, 0.25) is 0 Å². The summed E-state index contributed by atoms with van der Waals surface area (Å²) >= 11 is 1.71. The molecule has 1 unspecified atom stereocenters. The maximum Gasteiger partial charge on any atom is 0.0637 e. The van der Waals surface area contributed by atoms with Crippen molar-refractivity contribution in [3.8, 4) is 0 Å². The van der Waals surface area contributed by atoms with E-state index >= 15 is 0 Å². The highest BCUT2D eigenvalue weighted by Crippen LogP contribution is 2.20. The molecule has 88 valence electrons. The second-order valence-corrected chi connectivity index (χ2v) is 5.37. The predicted molar refractivity (Wildman–Crippen MR) is 72.0 cm³/mol. The molecule has 16 heavy (non-hydrogen) atoms. The minimum atomic E-state index is -0.233. The number of thioether (sulfide) groups is 1. The van der Waals surface area contributed by atoms with E-state index in [1.165, 1.54) is 10.5 Å². The van der Waals surface area contributed by atoms with Crippen LogP contribution in [-0.4, -0.2) is 17.0 Å². The van der Waals surface area contributed by atoms with Crippen LogP contribution in [0.3, 0.4) is 0 Å². The lowest BCUT2D eigenvalue weighted by molar-refractivity contribution is 0.189. The van der Waals surface area contributed by atoms with E-state index in [-0.39, 0.29) is 6.10 Å². The maximum atomic E-state index is 9.75. The first-order chi connectivity index (χ1) is 7.58. The van der Waals surface area contributed by atoms with Crippen molar-refractivity contribution in [1.29, 1.82) is 0 Å². The quantitative estimate of drug-likeness (QED) is 0.599. The van der Waals surface area contributed by atoms with Crippen LogP contribution in [0.25, 0.3) is 0 Å². The molecule has 0 spiro atoms. The lowest BCUT2D eigenvalue weighted by Gasteiger charge is -2.10. The van der Waals surface area contributed by atoms with Crippen molar-refractivity contribution < 1.29 is 5.11 Å². The molecule has 1 aromatic rings. The molecule has 0 aromatic heterocycles. The first-order valence-electron chi connectivity index (χ1n) is 5.60. The number of aliphatic hydroxyl groups excluding tert-OH is 1.